The van der Waals surface area contributed by atoms with Crippen molar-refractivity contribution in [3.8, 4) is 45.5 Å². The van der Waals surface area contributed by atoms with Gasteiger partial charge in [-0.05, 0) is 106 Å². The molecular weight excluding hydrogens is 509 g/mol. The largest absolute Gasteiger partial charge is 0.508 e. The molecule has 1 aromatic heterocycles. The van der Waals surface area contributed by atoms with Gasteiger partial charge in [-0.15, -0.1) is 24.8 Å². The molecule has 0 spiro atoms. The van der Waals surface area contributed by atoms with Crippen molar-refractivity contribution in [2.24, 2.45) is 0 Å². The predicted molar refractivity (Wildman–Crippen MR) is 153 cm³/mol. The van der Waals surface area contributed by atoms with Crippen LogP contribution in [0.15, 0.2) is 72.8 Å². The van der Waals surface area contributed by atoms with Gasteiger partial charge in [-0.2, -0.15) is 5.10 Å². The number of aromatic nitrogens is 2. The molecule has 3 aromatic carbocycles. The summed E-state index contributed by atoms with van der Waals surface area (Å²) < 4.78 is 7.93. The second kappa shape index (κ2) is 12.9. The molecule has 8 heteroatoms. The van der Waals surface area contributed by atoms with E-state index in [0.29, 0.717) is 6.61 Å². The molecule has 6 nitrogen and oxygen atoms in total. The number of rotatable bonds is 7. The third-order valence-corrected chi connectivity index (χ3v) is 6.61. The van der Waals surface area contributed by atoms with Crippen LogP contribution in [0.5, 0.6) is 17.2 Å². The molecule has 196 valence electrons. The zero-order valence-corrected chi connectivity index (χ0v) is 22.5. The second-order valence-corrected chi connectivity index (χ2v) is 9.07. The van der Waals surface area contributed by atoms with Crippen molar-refractivity contribution < 1.29 is 14.9 Å². The van der Waals surface area contributed by atoms with Crippen LogP contribution < -0.4 is 4.74 Å². The third-order valence-electron chi connectivity index (χ3n) is 6.61. The van der Waals surface area contributed by atoms with Crippen molar-refractivity contribution in [2.45, 2.75) is 26.2 Å². The van der Waals surface area contributed by atoms with Gasteiger partial charge in [-0.3, -0.25) is 4.90 Å². The number of benzene rings is 3. The minimum Gasteiger partial charge on any atom is -0.508 e. The fourth-order valence-corrected chi connectivity index (χ4v) is 4.69. The number of ether oxygens (including phenoxy) is 1. The summed E-state index contributed by atoms with van der Waals surface area (Å²) in [4.78, 5) is 2.47. The van der Waals surface area contributed by atoms with Crippen LogP contribution in [0.25, 0.3) is 28.2 Å². The number of likely N-dealkylation sites (tertiary alicyclic amines) is 1. The summed E-state index contributed by atoms with van der Waals surface area (Å²) in [6.45, 7) is 6.06. The topological polar surface area (TPSA) is 70.8 Å². The lowest BCUT2D eigenvalue weighted by atomic mass is 10.0. The Morgan fingerprint density at radius 3 is 1.95 bits per heavy atom. The van der Waals surface area contributed by atoms with Crippen LogP contribution in [0.4, 0.5) is 0 Å². The lowest BCUT2D eigenvalue weighted by Crippen LogP contribution is -2.33. The maximum absolute atomic E-state index is 9.77. The minimum atomic E-state index is 0. The van der Waals surface area contributed by atoms with Crippen molar-refractivity contribution in [2.75, 3.05) is 26.2 Å². The molecule has 0 amide bonds. The number of hydrogen-bond donors (Lipinski definition) is 2. The maximum atomic E-state index is 9.77. The molecule has 0 radical (unpaired) electrons. The fourth-order valence-electron chi connectivity index (χ4n) is 4.69. The summed E-state index contributed by atoms with van der Waals surface area (Å²) in [5.74, 6) is 1.29. The predicted octanol–water partition coefficient (Wildman–Crippen LogP) is 6.63. The van der Waals surface area contributed by atoms with E-state index < -0.39 is 0 Å². The zero-order chi connectivity index (χ0) is 24.2. The Morgan fingerprint density at radius 1 is 0.757 bits per heavy atom. The average molecular weight is 543 g/mol. The van der Waals surface area contributed by atoms with Crippen LogP contribution in [-0.2, 0) is 0 Å². The van der Waals surface area contributed by atoms with Crippen LogP contribution in [0, 0.1) is 6.92 Å². The normalized spacial score (nSPS) is 13.4. The first-order valence-corrected chi connectivity index (χ1v) is 12.2. The molecule has 2 heterocycles. The molecule has 5 rings (SSSR count). The highest BCUT2D eigenvalue weighted by Gasteiger charge is 2.19. The smallest absolute Gasteiger partial charge is 0.119 e. The van der Waals surface area contributed by atoms with Gasteiger partial charge in [-0.1, -0.05) is 6.42 Å². The molecule has 0 bridgehead atoms. The van der Waals surface area contributed by atoms with Gasteiger partial charge in [0, 0.05) is 23.2 Å². The van der Waals surface area contributed by atoms with Crippen molar-refractivity contribution in [3.05, 3.63) is 78.4 Å². The van der Waals surface area contributed by atoms with Gasteiger partial charge in [0.1, 0.15) is 23.9 Å². The van der Waals surface area contributed by atoms with Crippen molar-refractivity contribution in [3.63, 3.8) is 0 Å². The number of phenolic OH excluding ortho intramolecular Hbond substituents is 2. The second-order valence-electron chi connectivity index (χ2n) is 9.07. The Hall–Kier alpha value is -3.19. The summed E-state index contributed by atoms with van der Waals surface area (Å²) in [6, 6.07) is 22.3. The van der Waals surface area contributed by atoms with E-state index in [1.165, 1.54) is 32.4 Å². The molecule has 0 unspecified atom stereocenters. The first kappa shape index (κ1) is 28.4. The lowest BCUT2D eigenvalue weighted by molar-refractivity contribution is 0.183. The van der Waals surface area contributed by atoms with Crippen LogP contribution in [-0.4, -0.2) is 51.1 Å². The summed E-state index contributed by atoms with van der Waals surface area (Å²) >= 11 is 0. The number of hydrogen-bond acceptors (Lipinski definition) is 5. The average Bonchev–Trinajstić information content (AvgIpc) is 3.23. The van der Waals surface area contributed by atoms with E-state index in [2.05, 4.69) is 24.0 Å². The van der Waals surface area contributed by atoms with E-state index in [1.807, 2.05) is 41.1 Å². The quantitative estimate of drug-likeness (QED) is 0.274. The summed E-state index contributed by atoms with van der Waals surface area (Å²) in [7, 11) is 0. The molecule has 0 atom stereocenters. The van der Waals surface area contributed by atoms with E-state index in [0.717, 1.165) is 46.1 Å². The third kappa shape index (κ3) is 6.58. The van der Waals surface area contributed by atoms with Crippen LogP contribution in [0.3, 0.4) is 0 Å². The minimum absolute atomic E-state index is 0. The van der Waals surface area contributed by atoms with Gasteiger partial charge in [0.25, 0.3) is 0 Å². The molecule has 4 aromatic rings. The first-order chi connectivity index (χ1) is 17.1. The summed E-state index contributed by atoms with van der Waals surface area (Å²) in [6.07, 6.45) is 3.91. The molecule has 2 N–H and O–H groups in total. The van der Waals surface area contributed by atoms with E-state index in [9.17, 15) is 10.2 Å². The summed E-state index contributed by atoms with van der Waals surface area (Å²) in [5.41, 5.74) is 5.65. The van der Waals surface area contributed by atoms with E-state index >= 15 is 0 Å². The molecule has 1 aliphatic heterocycles. The Labute approximate surface area is 230 Å². The molecular formula is C29H33Cl2N3O3. The number of aromatic hydroxyl groups is 2. The SMILES string of the molecule is Cc1c(-c2ccc(O)cc2)nn(-c2ccc(O)cc2)c1-c1ccc(OCCN2CCCCC2)cc1.Cl.Cl. The monoisotopic (exact) mass is 541 g/mol. The van der Waals surface area contributed by atoms with Crippen LogP contribution in [0.1, 0.15) is 24.8 Å². The van der Waals surface area contributed by atoms with Gasteiger partial charge in [0.05, 0.1) is 17.1 Å². The van der Waals surface area contributed by atoms with Crippen LogP contribution in [0.2, 0.25) is 0 Å². The number of halogens is 2. The van der Waals surface area contributed by atoms with Gasteiger partial charge in [0.15, 0.2) is 0 Å². The zero-order valence-electron chi connectivity index (χ0n) is 20.8. The van der Waals surface area contributed by atoms with Crippen molar-refractivity contribution in [1.82, 2.24) is 14.7 Å². The maximum Gasteiger partial charge on any atom is 0.119 e. The highest BCUT2D eigenvalue weighted by Crippen LogP contribution is 2.35. The van der Waals surface area contributed by atoms with Gasteiger partial charge in [0.2, 0.25) is 0 Å². The molecule has 1 aliphatic rings. The molecule has 1 fully saturated rings. The van der Waals surface area contributed by atoms with E-state index in [1.54, 1.807) is 24.3 Å². The highest BCUT2D eigenvalue weighted by molar-refractivity contribution is 5.85. The molecule has 1 saturated heterocycles. The molecule has 0 saturated carbocycles. The standard InChI is InChI=1S/C29H31N3O3.2ClH/c1-21-28(22-5-11-25(33)12-6-22)30-32(24-9-13-26(34)14-10-24)29(21)23-7-15-27(16-8-23)35-20-19-31-17-3-2-4-18-31;;/h5-16,33-34H,2-4,17-20H2,1H3;2*1H. The lowest BCUT2D eigenvalue weighted by Gasteiger charge is -2.26. The fraction of sp³-hybridized carbons (Fsp3) is 0.276. The Kier molecular flexibility index (Phi) is 9.86. The van der Waals surface area contributed by atoms with Crippen molar-refractivity contribution >= 4 is 24.8 Å². The Morgan fingerprint density at radius 2 is 1.32 bits per heavy atom. The van der Waals surface area contributed by atoms with Gasteiger partial charge >= 0.3 is 0 Å². The van der Waals surface area contributed by atoms with Gasteiger partial charge < -0.3 is 14.9 Å². The molecule has 0 aliphatic carbocycles. The van der Waals surface area contributed by atoms with E-state index in [4.69, 9.17) is 9.84 Å². The Balaban J connectivity index is 0.00000190. The van der Waals surface area contributed by atoms with Gasteiger partial charge in [-0.25, -0.2) is 4.68 Å². The van der Waals surface area contributed by atoms with E-state index in [-0.39, 0.29) is 36.3 Å². The first-order valence-electron chi connectivity index (χ1n) is 12.2. The molecule has 37 heavy (non-hydrogen) atoms. The number of nitrogens with zero attached hydrogens (tertiary/aromatic N) is 3. The van der Waals surface area contributed by atoms with Crippen LogP contribution >= 0.6 is 24.8 Å². The van der Waals surface area contributed by atoms with Crippen molar-refractivity contribution in [1.29, 1.82) is 0 Å². The number of phenols is 2. The Bertz CT molecular complexity index is 1270. The number of piperidine rings is 1. The summed E-state index contributed by atoms with van der Waals surface area (Å²) in [5, 5.41) is 24.4. The highest BCUT2D eigenvalue weighted by atomic mass is 35.5.